The highest BCUT2D eigenvalue weighted by molar-refractivity contribution is 6.06. The normalized spacial score (nSPS) is 14.6. The summed E-state index contributed by atoms with van der Waals surface area (Å²) in [6.45, 7) is 6.64. The molecule has 0 bridgehead atoms. The van der Waals surface area contributed by atoms with Crippen LogP contribution in [0.2, 0.25) is 0 Å². The number of anilines is 1. The zero-order chi connectivity index (χ0) is 15.5. The van der Waals surface area contributed by atoms with Crippen LogP contribution in [0.25, 0.3) is 0 Å². The molecule has 1 heterocycles. The molecule has 0 unspecified atom stereocenters. The standard InChI is InChI=1S/C19H22N2O/c1-14(2)15-7-9-16(10-8-15)19(22)21-12-11-20-13-17-5-3-4-6-18(17)21/h3-10,14,20H,11-13H2,1-2H3. The van der Waals surface area contributed by atoms with Crippen LogP contribution in [0.4, 0.5) is 5.69 Å². The lowest BCUT2D eigenvalue weighted by Crippen LogP contribution is -2.34. The number of hydrogen-bond donors (Lipinski definition) is 1. The molecule has 3 nitrogen and oxygen atoms in total. The number of carbonyl (C=O) groups is 1. The zero-order valence-electron chi connectivity index (χ0n) is 13.2. The van der Waals surface area contributed by atoms with Crippen LogP contribution in [-0.4, -0.2) is 19.0 Å². The fourth-order valence-corrected chi connectivity index (χ4v) is 2.84. The Kier molecular flexibility index (Phi) is 4.25. The van der Waals surface area contributed by atoms with E-state index in [0.29, 0.717) is 12.5 Å². The van der Waals surface area contributed by atoms with E-state index in [4.69, 9.17) is 0 Å². The number of para-hydroxylation sites is 1. The summed E-state index contributed by atoms with van der Waals surface area (Å²) in [5.41, 5.74) is 4.20. The summed E-state index contributed by atoms with van der Waals surface area (Å²) in [5.74, 6) is 0.554. The number of benzene rings is 2. The predicted octanol–water partition coefficient (Wildman–Crippen LogP) is 3.56. The van der Waals surface area contributed by atoms with E-state index in [1.807, 2.05) is 35.2 Å². The molecule has 0 spiro atoms. The van der Waals surface area contributed by atoms with Gasteiger partial charge in [0.2, 0.25) is 0 Å². The summed E-state index contributed by atoms with van der Waals surface area (Å²) in [6, 6.07) is 16.1. The summed E-state index contributed by atoms with van der Waals surface area (Å²) in [6.07, 6.45) is 0. The van der Waals surface area contributed by atoms with Crippen LogP contribution in [0.15, 0.2) is 48.5 Å². The van der Waals surface area contributed by atoms with Crippen molar-refractivity contribution >= 4 is 11.6 Å². The van der Waals surface area contributed by atoms with Crippen LogP contribution in [0.3, 0.4) is 0 Å². The maximum Gasteiger partial charge on any atom is 0.258 e. The summed E-state index contributed by atoms with van der Waals surface area (Å²) < 4.78 is 0. The van der Waals surface area contributed by atoms with Crippen LogP contribution < -0.4 is 10.2 Å². The lowest BCUT2D eigenvalue weighted by Gasteiger charge is -2.22. The minimum Gasteiger partial charge on any atom is -0.311 e. The number of amides is 1. The van der Waals surface area contributed by atoms with E-state index in [1.54, 1.807) is 0 Å². The molecule has 0 radical (unpaired) electrons. The number of carbonyl (C=O) groups excluding carboxylic acids is 1. The van der Waals surface area contributed by atoms with E-state index < -0.39 is 0 Å². The third-order valence-corrected chi connectivity index (χ3v) is 4.18. The Morgan fingerprint density at radius 2 is 1.82 bits per heavy atom. The molecule has 0 fully saturated rings. The average molecular weight is 294 g/mol. The Hall–Kier alpha value is -2.13. The van der Waals surface area contributed by atoms with Gasteiger partial charge in [-0.05, 0) is 35.2 Å². The number of fused-ring (bicyclic) bond motifs is 1. The number of nitrogens with one attached hydrogen (secondary N) is 1. The SMILES string of the molecule is CC(C)c1ccc(C(=O)N2CCNCc3ccccc32)cc1. The lowest BCUT2D eigenvalue weighted by molar-refractivity contribution is 0.0987. The fourth-order valence-electron chi connectivity index (χ4n) is 2.84. The smallest absolute Gasteiger partial charge is 0.258 e. The Balaban J connectivity index is 1.91. The molecular formula is C19H22N2O. The lowest BCUT2D eigenvalue weighted by atomic mass is 10.0. The van der Waals surface area contributed by atoms with Gasteiger partial charge in [-0.3, -0.25) is 4.79 Å². The Morgan fingerprint density at radius 1 is 1.09 bits per heavy atom. The molecule has 1 N–H and O–H groups in total. The van der Waals surface area contributed by atoms with Crippen LogP contribution in [0, 0.1) is 0 Å². The predicted molar refractivity (Wildman–Crippen MR) is 90.4 cm³/mol. The fraction of sp³-hybridized carbons (Fsp3) is 0.316. The third kappa shape index (κ3) is 2.90. The Labute approximate surface area is 132 Å². The minimum absolute atomic E-state index is 0.0754. The van der Waals surface area contributed by atoms with Crippen LogP contribution in [0.5, 0.6) is 0 Å². The molecule has 1 aliphatic heterocycles. The van der Waals surface area contributed by atoms with Crippen molar-refractivity contribution in [1.29, 1.82) is 0 Å². The zero-order valence-corrected chi connectivity index (χ0v) is 13.2. The van der Waals surface area contributed by atoms with Gasteiger partial charge >= 0.3 is 0 Å². The Bertz CT molecular complexity index is 661. The first-order valence-electron chi connectivity index (χ1n) is 7.87. The summed E-state index contributed by atoms with van der Waals surface area (Å²) in [5, 5.41) is 3.37. The van der Waals surface area contributed by atoms with E-state index in [0.717, 1.165) is 24.3 Å². The van der Waals surface area contributed by atoms with E-state index in [1.165, 1.54) is 11.1 Å². The first-order valence-corrected chi connectivity index (χ1v) is 7.87. The van der Waals surface area contributed by atoms with Gasteiger partial charge in [0, 0.05) is 30.9 Å². The van der Waals surface area contributed by atoms with Crippen molar-refractivity contribution in [2.45, 2.75) is 26.3 Å². The molecule has 0 aliphatic carbocycles. The van der Waals surface area contributed by atoms with Crippen LogP contribution in [-0.2, 0) is 6.54 Å². The molecular weight excluding hydrogens is 272 g/mol. The largest absolute Gasteiger partial charge is 0.311 e. The molecule has 2 aromatic rings. The van der Waals surface area contributed by atoms with Crippen molar-refractivity contribution < 1.29 is 4.79 Å². The number of rotatable bonds is 2. The third-order valence-electron chi connectivity index (χ3n) is 4.18. The summed E-state index contributed by atoms with van der Waals surface area (Å²) >= 11 is 0. The molecule has 1 aliphatic rings. The Morgan fingerprint density at radius 3 is 2.55 bits per heavy atom. The average Bonchev–Trinajstić information content (AvgIpc) is 2.76. The van der Waals surface area contributed by atoms with Gasteiger partial charge in [-0.1, -0.05) is 44.2 Å². The van der Waals surface area contributed by atoms with Gasteiger partial charge in [-0.15, -0.1) is 0 Å². The molecule has 22 heavy (non-hydrogen) atoms. The van der Waals surface area contributed by atoms with E-state index in [2.05, 4.69) is 37.4 Å². The summed E-state index contributed by atoms with van der Waals surface area (Å²) in [7, 11) is 0. The molecule has 3 heteroatoms. The molecule has 0 saturated carbocycles. The van der Waals surface area contributed by atoms with Gasteiger partial charge in [0.25, 0.3) is 5.91 Å². The molecule has 114 valence electrons. The van der Waals surface area contributed by atoms with Crippen molar-refractivity contribution in [1.82, 2.24) is 5.32 Å². The van der Waals surface area contributed by atoms with Crippen LogP contribution >= 0.6 is 0 Å². The highest BCUT2D eigenvalue weighted by Crippen LogP contribution is 2.24. The van der Waals surface area contributed by atoms with E-state index >= 15 is 0 Å². The first-order chi connectivity index (χ1) is 10.7. The minimum atomic E-state index is 0.0754. The second-order valence-corrected chi connectivity index (χ2v) is 6.04. The molecule has 0 aromatic heterocycles. The monoisotopic (exact) mass is 294 g/mol. The second-order valence-electron chi connectivity index (χ2n) is 6.04. The van der Waals surface area contributed by atoms with Crippen LogP contribution in [0.1, 0.15) is 41.3 Å². The van der Waals surface area contributed by atoms with Crippen molar-refractivity contribution in [2.24, 2.45) is 0 Å². The highest BCUT2D eigenvalue weighted by Gasteiger charge is 2.21. The second kappa shape index (κ2) is 6.32. The topological polar surface area (TPSA) is 32.3 Å². The maximum absolute atomic E-state index is 12.9. The molecule has 2 aromatic carbocycles. The van der Waals surface area contributed by atoms with Crippen molar-refractivity contribution in [3.05, 3.63) is 65.2 Å². The highest BCUT2D eigenvalue weighted by atomic mass is 16.2. The van der Waals surface area contributed by atoms with Gasteiger partial charge in [-0.25, -0.2) is 0 Å². The summed E-state index contributed by atoms with van der Waals surface area (Å²) in [4.78, 5) is 14.8. The van der Waals surface area contributed by atoms with Gasteiger partial charge in [0.05, 0.1) is 0 Å². The van der Waals surface area contributed by atoms with E-state index in [9.17, 15) is 4.79 Å². The van der Waals surface area contributed by atoms with Gasteiger partial charge in [-0.2, -0.15) is 0 Å². The number of nitrogens with zero attached hydrogens (tertiary/aromatic N) is 1. The first kappa shape index (κ1) is 14.8. The van der Waals surface area contributed by atoms with Crippen molar-refractivity contribution in [2.75, 3.05) is 18.0 Å². The molecule has 3 rings (SSSR count). The quantitative estimate of drug-likeness (QED) is 0.918. The van der Waals surface area contributed by atoms with Gasteiger partial charge in [0.15, 0.2) is 0 Å². The van der Waals surface area contributed by atoms with Gasteiger partial charge < -0.3 is 10.2 Å². The molecule has 1 amide bonds. The van der Waals surface area contributed by atoms with Crippen molar-refractivity contribution in [3.8, 4) is 0 Å². The maximum atomic E-state index is 12.9. The van der Waals surface area contributed by atoms with Gasteiger partial charge in [0.1, 0.15) is 0 Å². The number of hydrogen-bond acceptors (Lipinski definition) is 2. The van der Waals surface area contributed by atoms with E-state index in [-0.39, 0.29) is 5.91 Å². The molecule has 0 atom stereocenters. The molecule has 0 saturated heterocycles. The van der Waals surface area contributed by atoms with Crippen molar-refractivity contribution in [3.63, 3.8) is 0 Å².